The third kappa shape index (κ3) is 4.01. The Kier molecular flexibility index (Phi) is 5.56. The zero-order valence-electron chi connectivity index (χ0n) is 15.1. The molecule has 0 saturated heterocycles. The van der Waals surface area contributed by atoms with Crippen molar-refractivity contribution < 1.29 is 14.0 Å². The molecule has 0 atom stereocenters. The number of carbonyl (C=O) groups excluding carboxylic acids is 2. The number of rotatable bonds is 6. The zero-order chi connectivity index (χ0) is 19.4. The first-order valence-corrected chi connectivity index (χ1v) is 9.41. The molecule has 0 unspecified atom stereocenters. The van der Waals surface area contributed by atoms with Crippen LogP contribution < -0.4 is 21.6 Å². The number of primary amides is 1. The summed E-state index contributed by atoms with van der Waals surface area (Å²) in [6.07, 6.45) is 0. The maximum atomic E-state index is 12.1. The largest absolute Gasteiger partial charge is 0.436 e. The normalized spacial score (nSPS) is 11.6. The van der Waals surface area contributed by atoms with E-state index in [0.717, 1.165) is 24.2 Å². The summed E-state index contributed by atoms with van der Waals surface area (Å²) >= 11 is 1.29. The Bertz CT molecular complexity index is 1040. The monoisotopic (exact) mass is 384 g/mol. The Morgan fingerprint density at radius 3 is 2.63 bits per heavy atom. The van der Waals surface area contributed by atoms with Gasteiger partial charge in [-0.25, -0.2) is 5.43 Å². The lowest BCUT2D eigenvalue weighted by molar-refractivity contribution is 0.0950. The molecule has 2 aromatic heterocycles. The molecule has 0 fully saturated rings. The molecule has 0 aliphatic rings. The third-order valence-electron chi connectivity index (χ3n) is 4.13. The molecule has 2 amide bonds. The van der Waals surface area contributed by atoms with Crippen LogP contribution in [-0.4, -0.2) is 24.9 Å². The van der Waals surface area contributed by atoms with Gasteiger partial charge >= 0.3 is 0 Å². The fraction of sp³-hybridized carbons (Fsp3) is 0.211. The smallest absolute Gasteiger partial charge is 0.281 e. The molecule has 7 nitrogen and oxygen atoms in total. The molecule has 27 heavy (non-hydrogen) atoms. The van der Waals surface area contributed by atoms with Crippen LogP contribution in [0, 0.1) is 0 Å². The van der Waals surface area contributed by atoms with Gasteiger partial charge in [0.2, 0.25) is 5.55 Å². The summed E-state index contributed by atoms with van der Waals surface area (Å²) in [4.78, 5) is 26.6. The molecular weight excluding hydrogens is 364 g/mol. The first kappa shape index (κ1) is 18.7. The highest BCUT2D eigenvalue weighted by Crippen LogP contribution is 2.22. The summed E-state index contributed by atoms with van der Waals surface area (Å²) in [5.74, 6) is -1.06. The van der Waals surface area contributed by atoms with Crippen LogP contribution in [0.3, 0.4) is 0 Å². The number of amides is 2. The summed E-state index contributed by atoms with van der Waals surface area (Å²) in [6.45, 7) is 5.86. The van der Waals surface area contributed by atoms with Crippen LogP contribution in [0.1, 0.15) is 33.9 Å². The van der Waals surface area contributed by atoms with Gasteiger partial charge in [-0.15, -0.1) is 16.4 Å². The van der Waals surface area contributed by atoms with Crippen LogP contribution in [0.5, 0.6) is 0 Å². The fourth-order valence-electron chi connectivity index (χ4n) is 2.72. The highest BCUT2D eigenvalue weighted by atomic mass is 32.1. The predicted molar refractivity (Wildman–Crippen MR) is 106 cm³/mol. The summed E-state index contributed by atoms with van der Waals surface area (Å²) in [6, 6.07) is 10.8. The van der Waals surface area contributed by atoms with Gasteiger partial charge in [0.1, 0.15) is 11.1 Å². The van der Waals surface area contributed by atoms with Gasteiger partial charge in [-0.05, 0) is 43.5 Å². The lowest BCUT2D eigenvalue weighted by Gasteiger charge is -2.21. The maximum absolute atomic E-state index is 12.1. The van der Waals surface area contributed by atoms with Crippen molar-refractivity contribution in [3.63, 3.8) is 0 Å². The molecule has 3 aromatic rings. The van der Waals surface area contributed by atoms with Crippen LogP contribution in [-0.2, 0) is 0 Å². The van der Waals surface area contributed by atoms with E-state index >= 15 is 0 Å². The molecule has 0 aliphatic carbocycles. The number of nitrogens with two attached hydrogens (primary N) is 1. The van der Waals surface area contributed by atoms with E-state index in [0.29, 0.717) is 10.5 Å². The minimum Gasteiger partial charge on any atom is -0.436 e. The topological polar surface area (TPSA) is 101 Å². The second-order valence-electron chi connectivity index (χ2n) is 5.75. The highest BCUT2D eigenvalue weighted by Gasteiger charge is 2.12. The van der Waals surface area contributed by atoms with E-state index in [1.54, 1.807) is 23.6 Å². The summed E-state index contributed by atoms with van der Waals surface area (Å²) in [5.41, 5.74) is 9.47. The minimum absolute atomic E-state index is 0.0309. The maximum Gasteiger partial charge on any atom is 0.281 e. The van der Waals surface area contributed by atoms with Crippen molar-refractivity contribution in [1.82, 2.24) is 5.43 Å². The zero-order valence-corrected chi connectivity index (χ0v) is 15.9. The van der Waals surface area contributed by atoms with Crippen molar-refractivity contribution >= 4 is 39.8 Å². The Hall–Kier alpha value is -3.13. The van der Waals surface area contributed by atoms with Gasteiger partial charge in [0.05, 0.1) is 4.88 Å². The van der Waals surface area contributed by atoms with Gasteiger partial charge in [-0.2, -0.15) is 0 Å². The Balaban J connectivity index is 2.05. The number of anilines is 1. The van der Waals surface area contributed by atoms with Gasteiger partial charge in [-0.3, -0.25) is 9.59 Å². The van der Waals surface area contributed by atoms with E-state index < -0.39 is 5.91 Å². The van der Waals surface area contributed by atoms with E-state index in [4.69, 9.17) is 10.2 Å². The fourth-order valence-corrected chi connectivity index (χ4v) is 3.33. The molecule has 0 radical (unpaired) electrons. The van der Waals surface area contributed by atoms with Gasteiger partial charge in [-0.1, -0.05) is 6.07 Å². The number of benzene rings is 1. The highest BCUT2D eigenvalue weighted by molar-refractivity contribution is 7.12. The van der Waals surface area contributed by atoms with Crippen molar-refractivity contribution in [3.8, 4) is 0 Å². The van der Waals surface area contributed by atoms with E-state index in [2.05, 4.69) is 29.3 Å². The van der Waals surface area contributed by atoms with Gasteiger partial charge in [0.25, 0.3) is 11.8 Å². The molecule has 0 saturated carbocycles. The van der Waals surface area contributed by atoms with Gasteiger partial charge in [0, 0.05) is 30.2 Å². The average Bonchev–Trinajstić information content (AvgIpc) is 3.21. The second-order valence-corrected chi connectivity index (χ2v) is 6.70. The molecule has 3 rings (SSSR count). The first-order chi connectivity index (χ1) is 13.0. The minimum atomic E-state index is -0.683. The summed E-state index contributed by atoms with van der Waals surface area (Å²) < 4.78 is 5.80. The Labute approximate surface area is 160 Å². The lowest BCUT2D eigenvalue weighted by atomic mass is 10.1. The molecule has 140 valence electrons. The first-order valence-electron chi connectivity index (χ1n) is 8.53. The van der Waals surface area contributed by atoms with Crippen molar-refractivity contribution in [2.45, 2.75) is 13.8 Å². The van der Waals surface area contributed by atoms with E-state index in [1.165, 1.54) is 11.3 Å². The molecule has 2 heterocycles. The number of hydrogen-bond donors (Lipinski definition) is 2. The Morgan fingerprint density at radius 2 is 2.00 bits per heavy atom. The third-order valence-corrected chi connectivity index (χ3v) is 5.00. The number of hydrogen-bond acceptors (Lipinski definition) is 6. The standard InChI is InChI=1S/C19H20N4O3S/c1-3-23(4-2)13-8-7-12-10-14(17(20)24)19(26-15(12)11-13)22-21-18(25)16-6-5-9-27-16/h5-11H,3-4H2,1-2H3,(H2,20,24)(H,21,25)/b22-19+. The van der Waals surface area contributed by atoms with Crippen LogP contribution in [0.25, 0.3) is 11.0 Å². The van der Waals surface area contributed by atoms with Crippen LogP contribution in [0.4, 0.5) is 5.69 Å². The van der Waals surface area contributed by atoms with E-state index in [-0.39, 0.29) is 17.0 Å². The summed E-state index contributed by atoms with van der Waals surface area (Å²) in [5, 5.41) is 6.49. The van der Waals surface area contributed by atoms with Crippen molar-refractivity contribution in [1.29, 1.82) is 0 Å². The molecular formula is C19H20N4O3S. The van der Waals surface area contributed by atoms with Gasteiger partial charge < -0.3 is 15.1 Å². The van der Waals surface area contributed by atoms with Gasteiger partial charge in [0.15, 0.2) is 0 Å². The van der Waals surface area contributed by atoms with Crippen LogP contribution in [0.2, 0.25) is 0 Å². The number of nitrogens with zero attached hydrogens (tertiary/aromatic N) is 2. The van der Waals surface area contributed by atoms with E-state index in [9.17, 15) is 9.59 Å². The SMILES string of the molecule is CCN(CC)c1ccc2cc(C(N)=O)/c(=N\NC(=O)c3cccs3)oc2c1. The molecule has 8 heteroatoms. The number of fused-ring (bicyclic) bond motifs is 1. The predicted octanol–water partition coefficient (Wildman–Crippen LogP) is 2.69. The van der Waals surface area contributed by atoms with Crippen molar-refractivity contribution in [3.05, 3.63) is 57.8 Å². The number of carbonyl (C=O) groups is 2. The number of thiophene rings is 1. The molecule has 0 aliphatic heterocycles. The Morgan fingerprint density at radius 1 is 1.22 bits per heavy atom. The molecule has 1 aromatic carbocycles. The molecule has 3 N–H and O–H groups in total. The van der Waals surface area contributed by atoms with Crippen LogP contribution in [0.15, 0.2) is 51.3 Å². The van der Waals surface area contributed by atoms with E-state index in [1.807, 2.05) is 18.2 Å². The quantitative estimate of drug-likeness (QED) is 0.638. The summed E-state index contributed by atoms with van der Waals surface area (Å²) in [7, 11) is 0. The number of nitrogens with one attached hydrogen (secondary N) is 1. The molecule has 0 spiro atoms. The molecule has 0 bridgehead atoms. The lowest BCUT2D eigenvalue weighted by Crippen LogP contribution is -2.26. The van der Waals surface area contributed by atoms with Crippen LogP contribution >= 0.6 is 11.3 Å². The van der Waals surface area contributed by atoms with Crippen molar-refractivity contribution in [2.24, 2.45) is 10.8 Å². The average molecular weight is 384 g/mol. The second kappa shape index (κ2) is 8.05. The van der Waals surface area contributed by atoms with Crippen molar-refractivity contribution in [2.75, 3.05) is 18.0 Å².